The predicted molar refractivity (Wildman–Crippen MR) is 138 cm³/mol. The summed E-state index contributed by atoms with van der Waals surface area (Å²) in [5.74, 6) is 1.82. The summed E-state index contributed by atoms with van der Waals surface area (Å²) in [5.41, 5.74) is 5.38. The number of aryl methyl sites for hydroxylation is 1. The number of anilines is 1. The van der Waals surface area contributed by atoms with Crippen LogP contribution in [0.1, 0.15) is 41.3 Å². The van der Waals surface area contributed by atoms with E-state index in [4.69, 9.17) is 14.5 Å². The summed E-state index contributed by atoms with van der Waals surface area (Å²) in [6.07, 6.45) is 5.81. The van der Waals surface area contributed by atoms with E-state index in [1.807, 2.05) is 47.2 Å². The van der Waals surface area contributed by atoms with Crippen molar-refractivity contribution in [2.75, 3.05) is 25.1 Å². The van der Waals surface area contributed by atoms with Crippen molar-refractivity contribution in [1.29, 1.82) is 0 Å². The molecule has 2 N–H and O–H groups in total. The van der Waals surface area contributed by atoms with Crippen molar-refractivity contribution in [1.82, 2.24) is 9.55 Å². The fourth-order valence-corrected chi connectivity index (χ4v) is 5.22. The highest BCUT2D eigenvalue weighted by atomic mass is 16.5. The SMILES string of the molecule is O=C(O)CC(c1ccc2c(c1)OCC2)n1ccc2cc(OCCc3ccc4c(n3)NCCC4)ccc21. The van der Waals surface area contributed by atoms with Gasteiger partial charge in [-0.3, -0.25) is 4.79 Å². The van der Waals surface area contributed by atoms with Crippen LogP contribution in [0.5, 0.6) is 11.5 Å². The molecule has 0 spiro atoms. The van der Waals surface area contributed by atoms with Crippen LogP contribution in [0, 0.1) is 0 Å². The smallest absolute Gasteiger partial charge is 0.305 e. The summed E-state index contributed by atoms with van der Waals surface area (Å²) in [7, 11) is 0. The number of pyridine rings is 1. The molecule has 6 rings (SSSR count). The number of carboxylic acids is 1. The number of carboxylic acid groups (broad SMARTS) is 1. The third-order valence-corrected chi connectivity index (χ3v) is 7.08. The maximum Gasteiger partial charge on any atom is 0.305 e. The van der Waals surface area contributed by atoms with Crippen LogP contribution < -0.4 is 14.8 Å². The first-order valence-corrected chi connectivity index (χ1v) is 12.6. The van der Waals surface area contributed by atoms with E-state index >= 15 is 0 Å². The Hall–Kier alpha value is -4.00. The van der Waals surface area contributed by atoms with Crippen LogP contribution in [-0.2, 0) is 24.1 Å². The highest BCUT2D eigenvalue weighted by Gasteiger charge is 2.22. The van der Waals surface area contributed by atoms with Crippen molar-refractivity contribution < 1.29 is 19.4 Å². The molecule has 7 heteroatoms. The topological polar surface area (TPSA) is 85.6 Å². The number of benzene rings is 2. The second kappa shape index (κ2) is 9.57. The predicted octanol–water partition coefficient (Wildman–Crippen LogP) is 5.01. The van der Waals surface area contributed by atoms with Gasteiger partial charge in [0.25, 0.3) is 0 Å². The number of aliphatic carboxylic acids is 1. The van der Waals surface area contributed by atoms with E-state index in [1.165, 1.54) is 11.1 Å². The van der Waals surface area contributed by atoms with E-state index in [9.17, 15) is 9.90 Å². The summed E-state index contributed by atoms with van der Waals surface area (Å²) >= 11 is 0. The lowest BCUT2D eigenvalue weighted by Gasteiger charge is -2.20. The molecule has 1 unspecified atom stereocenters. The van der Waals surface area contributed by atoms with Gasteiger partial charge in [-0.1, -0.05) is 18.2 Å². The molecule has 0 aliphatic carbocycles. The highest BCUT2D eigenvalue weighted by molar-refractivity contribution is 5.82. The van der Waals surface area contributed by atoms with Gasteiger partial charge in [-0.05, 0) is 65.9 Å². The number of fused-ring (bicyclic) bond motifs is 3. The molecule has 4 aromatic rings. The zero-order valence-electron chi connectivity index (χ0n) is 20.1. The Morgan fingerprint density at radius 3 is 2.94 bits per heavy atom. The molecule has 1 atom stereocenters. The summed E-state index contributed by atoms with van der Waals surface area (Å²) in [4.78, 5) is 16.5. The number of hydrogen-bond acceptors (Lipinski definition) is 5. The van der Waals surface area contributed by atoms with Crippen LogP contribution in [0.3, 0.4) is 0 Å². The standard InChI is InChI=1S/C29H29N3O4/c33-28(34)18-26(21-4-3-19-10-14-36-27(19)17-21)32-13-9-22-16-24(7-8-25(22)32)35-15-11-23-6-5-20-2-1-12-30-29(20)31-23/h3-9,13,16-17,26H,1-2,10-12,14-15,18H2,(H,30,31)(H,33,34). The van der Waals surface area contributed by atoms with Crippen LogP contribution in [0.2, 0.25) is 0 Å². The third kappa shape index (κ3) is 4.49. The average molecular weight is 484 g/mol. The van der Waals surface area contributed by atoms with Crippen molar-refractivity contribution in [3.8, 4) is 11.5 Å². The molecule has 2 aliphatic rings. The van der Waals surface area contributed by atoms with E-state index in [-0.39, 0.29) is 12.5 Å². The third-order valence-electron chi connectivity index (χ3n) is 7.08. The second-order valence-corrected chi connectivity index (χ2v) is 9.46. The Morgan fingerprint density at radius 1 is 1.11 bits per heavy atom. The van der Waals surface area contributed by atoms with Gasteiger partial charge in [-0.25, -0.2) is 4.98 Å². The molecule has 0 bridgehead atoms. The lowest BCUT2D eigenvalue weighted by molar-refractivity contribution is -0.137. The van der Waals surface area contributed by atoms with E-state index < -0.39 is 5.97 Å². The quantitative estimate of drug-likeness (QED) is 0.366. The first kappa shape index (κ1) is 22.5. The van der Waals surface area contributed by atoms with Gasteiger partial charge in [0.2, 0.25) is 0 Å². The lowest BCUT2D eigenvalue weighted by Crippen LogP contribution is -2.14. The van der Waals surface area contributed by atoms with Gasteiger partial charge in [-0.15, -0.1) is 0 Å². The van der Waals surface area contributed by atoms with Crippen LogP contribution >= 0.6 is 0 Å². The maximum atomic E-state index is 11.7. The van der Waals surface area contributed by atoms with Gasteiger partial charge in [0.15, 0.2) is 0 Å². The van der Waals surface area contributed by atoms with Crippen LogP contribution in [0.4, 0.5) is 5.82 Å². The van der Waals surface area contributed by atoms with Crippen LogP contribution in [0.25, 0.3) is 10.9 Å². The van der Waals surface area contributed by atoms with E-state index in [1.54, 1.807) is 0 Å². The molecule has 184 valence electrons. The minimum Gasteiger partial charge on any atom is -0.493 e. The summed E-state index contributed by atoms with van der Waals surface area (Å²) in [5, 5.41) is 14.0. The fraction of sp³-hybridized carbons (Fsp3) is 0.310. The number of nitrogens with zero attached hydrogens (tertiary/aromatic N) is 2. The first-order chi connectivity index (χ1) is 17.6. The summed E-state index contributed by atoms with van der Waals surface area (Å²) < 4.78 is 13.8. The molecular weight excluding hydrogens is 454 g/mol. The van der Waals surface area contributed by atoms with E-state index in [0.717, 1.165) is 71.7 Å². The zero-order chi connectivity index (χ0) is 24.5. The van der Waals surface area contributed by atoms with Gasteiger partial charge >= 0.3 is 5.97 Å². The van der Waals surface area contributed by atoms with Crippen LogP contribution in [0.15, 0.2) is 60.8 Å². The molecule has 2 aliphatic heterocycles. The number of ether oxygens (including phenoxy) is 2. The zero-order valence-corrected chi connectivity index (χ0v) is 20.1. The first-order valence-electron chi connectivity index (χ1n) is 12.6. The second-order valence-electron chi connectivity index (χ2n) is 9.46. The molecule has 0 fully saturated rings. The van der Waals surface area contributed by atoms with Gasteiger partial charge in [0, 0.05) is 42.2 Å². The summed E-state index contributed by atoms with van der Waals surface area (Å²) in [6, 6.07) is 18.0. The molecule has 0 saturated heterocycles. The average Bonchev–Trinajstić information content (AvgIpc) is 3.53. The number of nitrogens with one attached hydrogen (secondary N) is 1. The lowest BCUT2D eigenvalue weighted by atomic mass is 10.0. The summed E-state index contributed by atoms with van der Waals surface area (Å²) in [6.45, 7) is 2.19. The van der Waals surface area contributed by atoms with Crippen LogP contribution in [-0.4, -0.2) is 40.4 Å². The Balaban J connectivity index is 1.19. The van der Waals surface area contributed by atoms with Crippen molar-refractivity contribution >= 4 is 22.7 Å². The van der Waals surface area contributed by atoms with Gasteiger partial charge in [-0.2, -0.15) is 0 Å². The molecular formula is C29H29N3O4. The minimum absolute atomic E-state index is 0.0105. The minimum atomic E-state index is -0.839. The largest absolute Gasteiger partial charge is 0.493 e. The molecule has 2 aromatic heterocycles. The Bertz CT molecular complexity index is 1430. The molecule has 0 saturated carbocycles. The van der Waals surface area contributed by atoms with Crippen molar-refractivity contribution in [2.45, 2.75) is 38.1 Å². The number of hydrogen-bond donors (Lipinski definition) is 2. The normalized spacial score (nSPS) is 15.0. The Kier molecular flexibility index (Phi) is 5.97. The Morgan fingerprint density at radius 2 is 2.03 bits per heavy atom. The van der Waals surface area contributed by atoms with Crippen molar-refractivity contribution in [3.05, 3.63) is 83.2 Å². The highest BCUT2D eigenvalue weighted by Crippen LogP contribution is 2.34. The van der Waals surface area contributed by atoms with Gasteiger partial charge in [0.1, 0.15) is 17.3 Å². The molecule has 0 amide bonds. The van der Waals surface area contributed by atoms with Crippen molar-refractivity contribution in [3.63, 3.8) is 0 Å². The number of rotatable bonds is 8. The van der Waals surface area contributed by atoms with E-state index in [0.29, 0.717) is 13.2 Å². The number of carbonyl (C=O) groups is 1. The monoisotopic (exact) mass is 483 g/mol. The molecule has 7 nitrogen and oxygen atoms in total. The molecule has 4 heterocycles. The molecule has 0 radical (unpaired) electrons. The van der Waals surface area contributed by atoms with Gasteiger partial charge in [0.05, 0.1) is 25.7 Å². The number of aromatic nitrogens is 2. The van der Waals surface area contributed by atoms with E-state index in [2.05, 4.69) is 23.5 Å². The fourth-order valence-electron chi connectivity index (χ4n) is 5.22. The van der Waals surface area contributed by atoms with Crippen molar-refractivity contribution in [2.24, 2.45) is 0 Å². The maximum absolute atomic E-state index is 11.7. The molecule has 36 heavy (non-hydrogen) atoms. The Labute approximate surface area is 209 Å². The molecule has 2 aromatic carbocycles. The van der Waals surface area contributed by atoms with Gasteiger partial charge < -0.3 is 24.5 Å².